The van der Waals surface area contributed by atoms with Crippen LogP contribution in [0.2, 0.25) is 0 Å². The van der Waals surface area contributed by atoms with Gasteiger partial charge in [0.25, 0.3) is 0 Å². The smallest absolute Gasteiger partial charge is 0.112 e. The van der Waals surface area contributed by atoms with E-state index in [1.165, 1.54) is 38.6 Å². The van der Waals surface area contributed by atoms with E-state index >= 15 is 0 Å². The van der Waals surface area contributed by atoms with E-state index in [2.05, 4.69) is 5.32 Å². The standard InChI is InChI=1S/C9H17NO/c1-2-6-10-8(4-1)9-5-3-7-11-9/h8-10H,1-7H2/p+1/t8-,9+/m0/s1. The molecule has 2 rings (SSSR count). The van der Waals surface area contributed by atoms with Crippen LogP contribution in [0.25, 0.3) is 0 Å². The lowest BCUT2D eigenvalue weighted by atomic mass is 9.98. The van der Waals surface area contributed by atoms with Crippen molar-refractivity contribution in [3.8, 4) is 0 Å². The third kappa shape index (κ3) is 1.74. The highest BCUT2D eigenvalue weighted by molar-refractivity contribution is 4.74. The maximum atomic E-state index is 5.66. The van der Waals surface area contributed by atoms with Gasteiger partial charge < -0.3 is 10.1 Å². The molecule has 2 aliphatic heterocycles. The number of quaternary nitrogens is 1. The van der Waals surface area contributed by atoms with E-state index in [4.69, 9.17) is 4.74 Å². The number of piperidine rings is 1. The molecule has 2 N–H and O–H groups in total. The van der Waals surface area contributed by atoms with Crippen molar-refractivity contribution in [2.45, 2.75) is 44.2 Å². The van der Waals surface area contributed by atoms with Gasteiger partial charge in [0.15, 0.2) is 0 Å². The van der Waals surface area contributed by atoms with Crippen LogP contribution in [0, 0.1) is 0 Å². The third-order valence-corrected chi connectivity index (χ3v) is 2.90. The Morgan fingerprint density at radius 2 is 2.09 bits per heavy atom. The molecule has 0 aliphatic carbocycles. The Hall–Kier alpha value is -0.0800. The van der Waals surface area contributed by atoms with Gasteiger partial charge in [-0.25, -0.2) is 0 Å². The van der Waals surface area contributed by atoms with E-state index in [1.54, 1.807) is 0 Å². The minimum atomic E-state index is 0.593. The topological polar surface area (TPSA) is 25.8 Å². The summed E-state index contributed by atoms with van der Waals surface area (Å²) in [6, 6.07) is 0.797. The Kier molecular flexibility index (Phi) is 2.44. The fourth-order valence-electron chi connectivity index (χ4n) is 2.25. The first-order valence-electron chi connectivity index (χ1n) is 4.92. The molecule has 2 fully saturated rings. The zero-order valence-electron chi connectivity index (χ0n) is 7.09. The molecule has 0 amide bonds. The lowest BCUT2D eigenvalue weighted by Gasteiger charge is -2.24. The molecule has 0 spiro atoms. The van der Waals surface area contributed by atoms with Gasteiger partial charge in [0.1, 0.15) is 12.1 Å². The highest BCUT2D eigenvalue weighted by atomic mass is 16.5. The summed E-state index contributed by atoms with van der Waals surface area (Å²) < 4.78 is 5.66. The molecule has 0 bridgehead atoms. The Morgan fingerprint density at radius 3 is 2.73 bits per heavy atom. The van der Waals surface area contributed by atoms with E-state index in [1.807, 2.05) is 0 Å². The van der Waals surface area contributed by atoms with Crippen LogP contribution in [0.4, 0.5) is 0 Å². The summed E-state index contributed by atoms with van der Waals surface area (Å²) in [6.45, 7) is 2.33. The van der Waals surface area contributed by atoms with E-state index in [-0.39, 0.29) is 0 Å². The summed E-state index contributed by atoms with van der Waals surface area (Å²) in [6.07, 6.45) is 7.39. The fraction of sp³-hybridized carbons (Fsp3) is 1.00. The molecular weight excluding hydrogens is 138 g/mol. The van der Waals surface area contributed by atoms with Gasteiger partial charge in [-0.3, -0.25) is 0 Å². The Balaban J connectivity index is 1.82. The van der Waals surface area contributed by atoms with Crippen LogP contribution in [0.15, 0.2) is 0 Å². The molecule has 0 aromatic carbocycles. The third-order valence-electron chi connectivity index (χ3n) is 2.90. The fourth-order valence-corrected chi connectivity index (χ4v) is 2.25. The highest BCUT2D eigenvalue weighted by Gasteiger charge is 2.29. The van der Waals surface area contributed by atoms with Gasteiger partial charge in [0.2, 0.25) is 0 Å². The molecule has 0 aromatic heterocycles. The zero-order chi connectivity index (χ0) is 7.52. The van der Waals surface area contributed by atoms with Crippen LogP contribution in [-0.2, 0) is 4.74 Å². The van der Waals surface area contributed by atoms with Gasteiger partial charge in [-0.2, -0.15) is 0 Å². The second-order valence-corrected chi connectivity index (χ2v) is 3.74. The molecule has 64 valence electrons. The molecule has 0 radical (unpaired) electrons. The molecule has 2 heterocycles. The maximum Gasteiger partial charge on any atom is 0.112 e. The predicted molar refractivity (Wildman–Crippen MR) is 43.4 cm³/mol. The van der Waals surface area contributed by atoms with Gasteiger partial charge in [0.05, 0.1) is 6.54 Å². The van der Waals surface area contributed by atoms with Gasteiger partial charge >= 0.3 is 0 Å². The van der Waals surface area contributed by atoms with Crippen molar-refractivity contribution in [3.05, 3.63) is 0 Å². The molecular formula is C9H18NO+. The first-order valence-corrected chi connectivity index (χ1v) is 4.92. The van der Waals surface area contributed by atoms with E-state index < -0.39 is 0 Å². The lowest BCUT2D eigenvalue weighted by molar-refractivity contribution is -0.704. The Morgan fingerprint density at radius 1 is 1.09 bits per heavy atom. The van der Waals surface area contributed by atoms with Gasteiger partial charge in [0, 0.05) is 13.0 Å². The van der Waals surface area contributed by atoms with Crippen LogP contribution in [-0.4, -0.2) is 25.3 Å². The number of hydrogen-bond acceptors (Lipinski definition) is 1. The first kappa shape index (κ1) is 7.56. The second kappa shape index (κ2) is 3.55. The quantitative estimate of drug-likeness (QED) is 0.580. The van der Waals surface area contributed by atoms with E-state index in [0.717, 1.165) is 12.6 Å². The Labute approximate surface area is 68.3 Å². The van der Waals surface area contributed by atoms with Crippen LogP contribution < -0.4 is 5.32 Å². The summed E-state index contributed by atoms with van der Waals surface area (Å²) in [7, 11) is 0. The van der Waals surface area contributed by atoms with Crippen LogP contribution in [0.3, 0.4) is 0 Å². The van der Waals surface area contributed by atoms with Gasteiger partial charge in [-0.05, 0) is 25.7 Å². The van der Waals surface area contributed by atoms with E-state index in [0.29, 0.717) is 6.10 Å². The highest BCUT2D eigenvalue weighted by Crippen LogP contribution is 2.18. The minimum absolute atomic E-state index is 0.593. The van der Waals surface area contributed by atoms with Gasteiger partial charge in [-0.1, -0.05) is 0 Å². The lowest BCUT2D eigenvalue weighted by Crippen LogP contribution is -2.93. The van der Waals surface area contributed by atoms with Crippen molar-refractivity contribution in [2.75, 3.05) is 13.2 Å². The molecule has 2 aliphatic rings. The number of ether oxygens (including phenoxy) is 1. The normalized spacial score (nSPS) is 39.3. The number of hydrogen-bond donors (Lipinski definition) is 1. The van der Waals surface area contributed by atoms with Crippen molar-refractivity contribution in [2.24, 2.45) is 0 Å². The van der Waals surface area contributed by atoms with E-state index in [9.17, 15) is 0 Å². The van der Waals surface area contributed by atoms with Gasteiger partial charge in [-0.15, -0.1) is 0 Å². The largest absolute Gasteiger partial charge is 0.372 e. The summed E-state index contributed by atoms with van der Waals surface area (Å²) in [5.74, 6) is 0. The zero-order valence-corrected chi connectivity index (χ0v) is 7.09. The summed E-state index contributed by atoms with van der Waals surface area (Å²) >= 11 is 0. The maximum absolute atomic E-state index is 5.66. The van der Waals surface area contributed by atoms with Crippen molar-refractivity contribution < 1.29 is 10.1 Å². The monoisotopic (exact) mass is 156 g/mol. The molecule has 0 saturated carbocycles. The summed E-state index contributed by atoms with van der Waals surface area (Å²) in [5, 5.41) is 2.49. The Bertz CT molecular complexity index is 115. The number of nitrogens with two attached hydrogens (primary N) is 1. The SMILES string of the molecule is C1CC[C@@H]([C@H]2CCCO2)[NH2+]C1. The van der Waals surface area contributed by atoms with Crippen molar-refractivity contribution >= 4 is 0 Å². The number of rotatable bonds is 1. The molecule has 11 heavy (non-hydrogen) atoms. The molecule has 2 heteroatoms. The van der Waals surface area contributed by atoms with Crippen LogP contribution >= 0.6 is 0 Å². The van der Waals surface area contributed by atoms with Crippen molar-refractivity contribution in [1.82, 2.24) is 0 Å². The molecule has 2 nitrogen and oxygen atoms in total. The molecule has 0 aromatic rings. The molecule has 2 saturated heterocycles. The average Bonchev–Trinajstić information content (AvgIpc) is 2.58. The van der Waals surface area contributed by atoms with Crippen molar-refractivity contribution in [3.63, 3.8) is 0 Å². The first-order chi connectivity index (χ1) is 5.47. The van der Waals surface area contributed by atoms with Crippen molar-refractivity contribution in [1.29, 1.82) is 0 Å². The minimum Gasteiger partial charge on any atom is -0.372 e. The molecule has 2 atom stereocenters. The average molecular weight is 156 g/mol. The molecule has 0 unspecified atom stereocenters. The summed E-state index contributed by atoms with van der Waals surface area (Å²) in [4.78, 5) is 0. The summed E-state index contributed by atoms with van der Waals surface area (Å²) in [5.41, 5.74) is 0. The predicted octanol–water partition coefficient (Wildman–Crippen LogP) is 0.281. The van der Waals surface area contributed by atoms with Crippen LogP contribution in [0.5, 0.6) is 0 Å². The van der Waals surface area contributed by atoms with Crippen LogP contribution in [0.1, 0.15) is 32.1 Å². The second-order valence-electron chi connectivity index (χ2n) is 3.74.